The normalized spacial score (nSPS) is 20.0. The Labute approximate surface area is 150 Å². The van der Waals surface area contributed by atoms with Gasteiger partial charge in [0.25, 0.3) is 0 Å². The zero-order chi connectivity index (χ0) is 17.6. The molecule has 1 aromatic rings. The number of nitrogens with one attached hydrogen (secondary N) is 1. The van der Waals surface area contributed by atoms with E-state index < -0.39 is 0 Å². The van der Waals surface area contributed by atoms with Crippen LogP contribution in [0.2, 0.25) is 0 Å². The minimum absolute atomic E-state index is 0.0199. The second-order valence-corrected chi connectivity index (χ2v) is 7.28. The van der Waals surface area contributed by atoms with Crippen LogP contribution < -0.4 is 5.32 Å². The van der Waals surface area contributed by atoms with E-state index in [1.807, 2.05) is 18.2 Å². The van der Waals surface area contributed by atoms with Crippen molar-refractivity contribution in [3.8, 4) is 0 Å². The second kappa shape index (κ2) is 8.37. The zero-order valence-corrected chi connectivity index (χ0v) is 15.1. The van der Waals surface area contributed by atoms with Gasteiger partial charge in [-0.15, -0.1) is 0 Å². The first-order chi connectivity index (χ1) is 12.1. The zero-order valence-electron chi connectivity index (χ0n) is 15.1. The van der Waals surface area contributed by atoms with Crippen LogP contribution in [-0.4, -0.2) is 54.0 Å². The first-order valence-corrected chi connectivity index (χ1v) is 9.51. The molecule has 25 heavy (non-hydrogen) atoms. The molecule has 1 saturated heterocycles. The Morgan fingerprint density at radius 2 is 1.88 bits per heavy atom. The van der Waals surface area contributed by atoms with Gasteiger partial charge in [-0.1, -0.05) is 49.6 Å². The molecule has 1 aliphatic heterocycles. The molecule has 2 aliphatic rings. The number of benzene rings is 1. The molecule has 5 heteroatoms. The molecule has 136 valence electrons. The van der Waals surface area contributed by atoms with E-state index in [1.54, 1.807) is 16.8 Å². The standard InChI is InChI=1S/C20H29N3O2/c1-22-14-15-23(20(22)25)18(13-12-16-8-4-2-5-9-16)19(24)21-17-10-6-3-7-11-17/h2,4-5,8-9,17-18H,3,6-7,10-15H2,1H3,(H,21,24). The molecule has 0 bridgehead atoms. The molecule has 0 radical (unpaired) electrons. The van der Waals surface area contributed by atoms with Crippen LogP contribution in [0.25, 0.3) is 0 Å². The Hall–Kier alpha value is -2.04. The lowest BCUT2D eigenvalue weighted by Gasteiger charge is -2.30. The summed E-state index contributed by atoms with van der Waals surface area (Å²) in [6.45, 7) is 1.32. The summed E-state index contributed by atoms with van der Waals surface area (Å²) in [5.41, 5.74) is 1.21. The average Bonchev–Trinajstić information content (AvgIpc) is 2.96. The van der Waals surface area contributed by atoms with E-state index in [0.29, 0.717) is 19.5 Å². The second-order valence-electron chi connectivity index (χ2n) is 7.28. The average molecular weight is 343 g/mol. The van der Waals surface area contributed by atoms with Gasteiger partial charge in [0.2, 0.25) is 5.91 Å². The fourth-order valence-corrected chi connectivity index (χ4v) is 3.88. The van der Waals surface area contributed by atoms with E-state index in [2.05, 4.69) is 17.4 Å². The highest BCUT2D eigenvalue weighted by molar-refractivity contribution is 5.88. The lowest BCUT2D eigenvalue weighted by molar-refractivity contribution is -0.126. The molecule has 3 amide bonds. The van der Waals surface area contributed by atoms with Crippen molar-refractivity contribution in [1.82, 2.24) is 15.1 Å². The summed E-state index contributed by atoms with van der Waals surface area (Å²) >= 11 is 0. The van der Waals surface area contributed by atoms with E-state index >= 15 is 0 Å². The van der Waals surface area contributed by atoms with Crippen LogP contribution in [0.5, 0.6) is 0 Å². The fraction of sp³-hybridized carbons (Fsp3) is 0.600. The van der Waals surface area contributed by atoms with Crippen molar-refractivity contribution < 1.29 is 9.59 Å². The van der Waals surface area contributed by atoms with Crippen LogP contribution in [0.15, 0.2) is 30.3 Å². The number of amides is 3. The van der Waals surface area contributed by atoms with Crippen molar-refractivity contribution in [3.63, 3.8) is 0 Å². The van der Waals surface area contributed by atoms with Gasteiger partial charge in [0.1, 0.15) is 6.04 Å². The first-order valence-electron chi connectivity index (χ1n) is 9.51. The van der Waals surface area contributed by atoms with Gasteiger partial charge in [0.15, 0.2) is 0 Å². The number of carbonyl (C=O) groups excluding carboxylic acids is 2. The van der Waals surface area contributed by atoms with Crippen LogP contribution in [0.1, 0.15) is 44.1 Å². The van der Waals surface area contributed by atoms with Crippen molar-refractivity contribution in [2.75, 3.05) is 20.1 Å². The molecule has 1 aliphatic carbocycles. The van der Waals surface area contributed by atoms with Crippen molar-refractivity contribution in [1.29, 1.82) is 0 Å². The Bertz CT molecular complexity index is 584. The molecule has 1 unspecified atom stereocenters. The van der Waals surface area contributed by atoms with Crippen LogP contribution in [-0.2, 0) is 11.2 Å². The summed E-state index contributed by atoms with van der Waals surface area (Å²) in [6.07, 6.45) is 7.23. The number of hydrogen-bond acceptors (Lipinski definition) is 2. The highest BCUT2D eigenvalue weighted by Crippen LogP contribution is 2.20. The number of nitrogens with zero attached hydrogens (tertiary/aromatic N) is 2. The van der Waals surface area contributed by atoms with Crippen LogP contribution >= 0.6 is 0 Å². The van der Waals surface area contributed by atoms with Crippen LogP contribution in [0.4, 0.5) is 4.79 Å². The summed E-state index contributed by atoms with van der Waals surface area (Å²) in [4.78, 5) is 28.8. The van der Waals surface area contributed by atoms with Gasteiger partial charge in [-0.05, 0) is 31.2 Å². The molecule has 5 nitrogen and oxygen atoms in total. The Morgan fingerprint density at radius 1 is 1.16 bits per heavy atom. The van der Waals surface area contributed by atoms with Crippen molar-refractivity contribution in [2.45, 2.75) is 57.0 Å². The fourth-order valence-electron chi connectivity index (χ4n) is 3.88. The number of rotatable bonds is 6. The first kappa shape index (κ1) is 17.8. The van der Waals surface area contributed by atoms with Gasteiger partial charge < -0.3 is 15.1 Å². The van der Waals surface area contributed by atoms with Gasteiger partial charge in [-0.3, -0.25) is 4.79 Å². The van der Waals surface area contributed by atoms with Crippen molar-refractivity contribution in [3.05, 3.63) is 35.9 Å². The summed E-state index contributed by atoms with van der Waals surface area (Å²) in [5, 5.41) is 3.22. The summed E-state index contributed by atoms with van der Waals surface area (Å²) in [5.74, 6) is 0.0199. The number of urea groups is 1. The van der Waals surface area contributed by atoms with Gasteiger partial charge in [0, 0.05) is 26.2 Å². The summed E-state index contributed by atoms with van der Waals surface area (Å²) in [6, 6.07) is 10.0. The minimum atomic E-state index is -0.375. The molecular formula is C20H29N3O2. The molecule has 1 atom stereocenters. The van der Waals surface area contributed by atoms with E-state index in [1.165, 1.54) is 24.8 Å². The maximum absolute atomic E-state index is 12.9. The highest BCUT2D eigenvalue weighted by Gasteiger charge is 2.36. The predicted octanol–water partition coefficient (Wildman–Crippen LogP) is 2.80. The maximum Gasteiger partial charge on any atom is 0.320 e. The van der Waals surface area contributed by atoms with Gasteiger partial charge in [-0.25, -0.2) is 4.79 Å². The van der Waals surface area contributed by atoms with Crippen molar-refractivity contribution >= 4 is 11.9 Å². The third-order valence-electron chi connectivity index (χ3n) is 5.43. The van der Waals surface area contributed by atoms with Crippen LogP contribution in [0, 0.1) is 0 Å². The molecule has 2 fully saturated rings. The van der Waals surface area contributed by atoms with Gasteiger partial charge >= 0.3 is 6.03 Å². The Kier molecular flexibility index (Phi) is 5.95. The highest BCUT2D eigenvalue weighted by atomic mass is 16.2. The number of likely N-dealkylation sites (N-methyl/N-ethyl adjacent to an activating group) is 1. The number of hydrogen-bond donors (Lipinski definition) is 1. The molecule has 1 heterocycles. The number of aryl methyl sites for hydroxylation is 1. The smallest absolute Gasteiger partial charge is 0.320 e. The molecule has 0 spiro atoms. The quantitative estimate of drug-likeness (QED) is 0.863. The molecule has 1 N–H and O–H groups in total. The summed E-state index contributed by atoms with van der Waals surface area (Å²) < 4.78 is 0. The molecular weight excluding hydrogens is 314 g/mol. The maximum atomic E-state index is 12.9. The van der Waals surface area contributed by atoms with E-state index in [0.717, 1.165) is 19.3 Å². The SMILES string of the molecule is CN1CCN(C(CCc2ccccc2)C(=O)NC2CCCCC2)C1=O. The number of carbonyl (C=O) groups is 2. The lowest BCUT2D eigenvalue weighted by Crippen LogP contribution is -2.51. The topological polar surface area (TPSA) is 52.6 Å². The van der Waals surface area contributed by atoms with Crippen molar-refractivity contribution in [2.24, 2.45) is 0 Å². The van der Waals surface area contributed by atoms with E-state index in [-0.39, 0.29) is 24.0 Å². The lowest BCUT2D eigenvalue weighted by atomic mass is 9.95. The van der Waals surface area contributed by atoms with E-state index in [9.17, 15) is 9.59 Å². The third-order valence-corrected chi connectivity index (χ3v) is 5.43. The minimum Gasteiger partial charge on any atom is -0.352 e. The summed E-state index contributed by atoms with van der Waals surface area (Å²) in [7, 11) is 1.80. The predicted molar refractivity (Wildman–Crippen MR) is 98.3 cm³/mol. The van der Waals surface area contributed by atoms with Gasteiger partial charge in [0.05, 0.1) is 0 Å². The van der Waals surface area contributed by atoms with E-state index in [4.69, 9.17) is 0 Å². The molecule has 0 aromatic heterocycles. The Morgan fingerprint density at radius 3 is 2.52 bits per heavy atom. The Balaban J connectivity index is 1.67. The molecule has 1 aromatic carbocycles. The molecule has 3 rings (SSSR count). The molecule has 1 saturated carbocycles. The monoisotopic (exact) mass is 343 g/mol. The largest absolute Gasteiger partial charge is 0.352 e. The third kappa shape index (κ3) is 4.53. The van der Waals surface area contributed by atoms with Crippen LogP contribution in [0.3, 0.4) is 0 Å². The van der Waals surface area contributed by atoms with Gasteiger partial charge in [-0.2, -0.15) is 0 Å².